The van der Waals surface area contributed by atoms with E-state index in [2.05, 4.69) is 11.9 Å². The molecular weight excluding hydrogens is 215 g/mol. The monoisotopic (exact) mass is 235 g/mol. The van der Waals surface area contributed by atoms with Crippen LogP contribution in [-0.4, -0.2) is 19.3 Å². The van der Waals surface area contributed by atoms with Crippen molar-refractivity contribution in [2.24, 2.45) is 11.8 Å². The molecule has 0 spiro atoms. The Labute approximate surface area is 95.1 Å². The van der Waals surface area contributed by atoms with Crippen LogP contribution < -0.4 is 5.32 Å². The maximum atomic E-state index is 12.9. The van der Waals surface area contributed by atoms with Crippen molar-refractivity contribution in [2.75, 3.05) is 7.05 Å². The van der Waals surface area contributed by atoms with Crippen molar-refractivity contribution in [1.29, 1.82) is 0 Å². The van der Waals surface area contributed by atoms with E-state index in [1.54, 1.807) is 13.1 Å². The fourth-order valence-corrected chi connectivity index (χ4v) is 2.73. The minimum Gasteiger partial charge on any atom is -0.316 e. The molecule has 1 N–H and O–H groups in total. The van der Waals surface area contributed by atoms with Crippen LogP contribution in [0.4, 0.5) is 13.2 Å². The Morgan fingerprint density at radius 2 is 2.00 bits per heavy atom. The molecule has 1 saturated carbocycles. The van der Waals surface area contributed by atoms with E-state index in [4.69, 9.17) is 0 Å². The Kier molecular flexibility index (Phi) is 4.84. The summed E-state index contributed by atoms with van der Waals surface area (Å²) in [6.45, 7) is 3.61. The molecule has 0 aromatic heterocycles. The highest BCUT2D eigenvalue weighted by atomic mass is 19.4. The van der Waals surface area contributed by atoms with Crippen LogP contribution in [0, 0.1) is 11.8 Å². The van der Waals surface area contributed by atoms with Crippen molar-refractivity contribution in [3.8, 4) is 0 Å². The third-order valence-electron chi connectivity index (χ3n) is 3.55. The van der Waals surface area contributed by atoms with Crippen molar-refractivity contribution < 1.29 is 13.2 Å². The van der Waals surface area contributed by atoms with Gasteiger partial charge in [-0.1, -0.05) is 18.9 Å². The maximum Gasteiger partial charge on any atom is 0.392 e. The standard InChI is InChI=1S/C12H20F3N/c1-3-6-11(16-2)9-7-4-5-8-10(9)12(13,14)15/h3,9-11,16H,1,4-8H2,2H3. The van der Waals surface area contributed by atoms with E-state index >= 15 is 0 Å². The third kappa shape index (κ3) is 3.24. The van der Waals surface area contributed by atoms with Crippen LogP contribution in [0.2, 0.25) is 0 Å². The molecule has 0 aromatic carbocycles. The van der Waals surface area contributed by atoms with Crippen LogP contribution in [0.3, 0.4) is 0 Å². The van der Waals surface area contributed by atoms with E-state index < -0.39 is 12.1 Å². The first-order chi connectivity index (χ1) is 7.50. The summed E-state index contributed by atoms with van der Waals surface area (Å²) in [5.41, 5.74) is 0. The smallest absolute Gasteiger partial charge is 0.316 e. The Hall–Kier alpha value is -0.510. The molecule has 1 fully saturated rings. The van der Waals surface area contributed by atoms with Crippen LogP contribution in [0.15, 0.2) is 12.7 Å². The van der Waals surface area contributed by atoms with Gasteiger partial charge < -0.3 is 5.32 Å². The lowest BCUT2D eigenvalue weighted by Gasteiger charge is -2.37. The lowest BCUT2D eigenvalue weighted by atomic mass is 9.74. The second kappa shape index (κ2) is 5.71. The van der Waals surface area contributed by atoms with Crippen molar-refractivity contribution in [3.05, 3.63) is 12.7 Å². The van der Waals surface area contributed by atoms with Crippen molar-refractivity contribution in [1.82, 2.24) is 5.32 Å². The Morgan fingerprint density at radius 1 is 1.38 bits per heavy atom. The molecule has 0 saturated heterocycles. The lowest BCUT2D eigenvalue weighted by Crippen LogP contribution is -2.44. The Bertz CT molecular complexity index is 225. The van der Waals surface area contributed by atoms with Crippen LogP contribution in [0.1, 0.15) is 32.1 Å². The minimum absolute atomic E-state index is 0.0931. The predicted molar refractivity (Wildman–Crippen MR) is 59.2 cm³/mol. The zero-order valence-corrected chi connectivity index (χ0v) is 9.69. The third-order valence-corrected chi connectivity index (χ3v) is 3.55. The first-order valence-corrected chi connectivity index (χ1v) is 5.85. The van der Waals surface area contributed by atoms with Gasteiger partial charge in [-0.2, -0.15) is 13.2 Å². The summed E-state index contributed by atoms with van der Waals surface area (Å²) in [7, 11) is 1.73. The quantitative estimate of drug-likeness (QED) is 0.735. The Balaban J connectivity index is 2.75. The summed E-state index contributed by atoms with van der Waals surface area (Å²) in [6.07, 6.45) is 0.809. The summed E-state index contributed by atoms with van der Waals surface area (Å²) >= 11 is 0. The van der Waals surface area contributed by atoms with Crippen LogP contribution in [0.25, 0.3) is 0 Å². The average molecular weight is 235 g/mol. The fraction of sp³-hybridized carbons (Fsp3) is 0.833. The van der Waals surface area contributed by atoms with Gasteiger partial charge in [-0.25, -0.2) is 0 Å². The van der Waals surface area contributed by atoms with Crippen molar-refractivity contribution in [2.45, 2.75) is 44.3 Å². The molecule has 94 valence electrons. The molecule has 0 aromatic rings. The van der Waals surface area contributed by atoms with E-state index in [1.165, 1.54) is 0 Å². The van der Waals surface area contributed by atoms with E-state index in [0.717, 1.165) is 6.42 Å². The fourth-order valence-electron chi connectivity index (χ4n) is 2.73. The maximum absolute atomic E-state index is 12.9. The van der Waals surface area contributed by atoms with Gasteiger partial charge in [0.1, 0.15) is 0 Å². The van der Waals surface area contributed by atoms with E-state index in [1.807, 2.05) is 0 Å². The number of halogens is 3. The van der Waals surface area contributed by atoms with Gasteiger partial charge in [0.2, 0.25) is 0 Å². The first kappa shape index (κ1) is 13.6. The van der Waals surface area contributed by atoms with Gasteiger partial charge in [-0.3, -0.25) is 0 Å². The van der Waals surface area contributed by atoms with Crippen molar-refractivity contribution >= 4 is 0 Å². The van der Waals surface area contributed by atoms with E-state index in [-0.39, 0.29) is 18.4 Å². The summed E-state index contributed by atoms with van der Waals surface area (Å²) < 4.78 is 38.6. The minimum atomic E-state index is -4.05. The molecule has 0 heterocycles. The largest absolute Gasteiger partial charge is 0.392 e. The Morgan fingerprint density at radius 3 is 2.50 bits per heavy atom. The number of alkyl halides is 3. The number of hydrogen-bond acceptors (Lipinski definition) is 1. The van der Waals surface area contributed by atoms with E-state index in [9.17, 15) is 13.2 Å². The van der Waals surface area contributed by atoms with Crippen molar-refractivity contribution in [3.63, 3.8) is 0 Å². The highest BCUT2D eigenvalue weighted by Gasteiger charge is 2.47. The number of hydrogen-bond donors (Lipinski definition) is 1. The van der Waals surface area contributed by atoms with E-state index in [0.29, 0.717) is 19.3 Å². The summed E-state index contributed by atoms with van der Waals surface area (Å²) in [4.78, 5) is 0. The molecule has 1 rings (SSSR count). The molecule has 3 unspecified atom stereocenters. The second-order valence-corrected chi connectivity index (χ2v) is 4.52. The molecule has 1 nitrogen and oxygen atoms in total. The summed E-state index contributed by atoms with van der Waals surface area (Å²) in [6, 6.07) is -0.0931. The molecule has 3 atom stereocenters. The topological polar surface area (TPSA) is 12.0 Å². The molecule has 0 amide bonds. The predicted octanol–water partition coefficient (Wildman–Crippen LogP) is 3.52. The second-order valence-electron chi connectivity index (χ2n) is 4.52. The van der Waals surface area contributed by atoms with Gasteiger partial charge in [0, 0.05) is 6.04 Å². The van der Waals surface area contributed by atoms with Crippen LogP contribution >= 0.6 is 0 Å². The lowest BCUT2D eigenvalue weighted by molar-refractivity contribution is -0.199. The molecule has 16 heavy (non-hydrogen) atoms. The average Bonchev–Trinajstić information content (AvgIpc) is 2.25. The van der Waals surface area contributed by atoms with Gasteiger partial charge in [-0.15, -0.1) is 6.58 Å². The SMILES string of the molecule is C=CCC(NC)C1CCCCC1C(F)(F)F. The molecule has 0 aliphatic heterocycles. The highest BCUT2D eigenvalue weighted by Crippen LogP contribution is 2.43. The number of nitrogens with one attached hydrogen (secondary N) is 1. The molecule has 4 heteroatoms. The van der Waals surface area contributed by atoms with Crippen LogP contribution in [-0.2, 0) is 0 Å². The van der Waals surface area contributed by atoms with Gasteiger partial charge in [-0.05, 0) is 32.2 Å². The highest BCUT2D eigenvalue weighted by molar-refractivity contribution is 4.90. The molecule has 0 bridgehead atoms. The molecule has 1 aliphatic rings. The van der Waals surface area contributed by atoms with Gasteiger partial charge in [0.05, 0.1) is 5.92 Å². The first-order valence-electron chi connectivity index (χ1n) is 5.85. The zero-order chi connectivity index (χ0) is 12.2. The molecule has 0 radical (unpaired) electrons. The van der Waals surface area contributed by atoms with Crippen LogP contribution in [0.5, 0.6) is 0 Å². The van der Waals surface area contributed by atoms with Gasteiger partial charge in [0.15, 0.2) is 0 Å². The molecule has 1 aliphatic carbocycles. The summed E-state index contributed by atoms with van der Waals surface area (Å²) in [5, 5.41) is 3.00. The number of rotatable bonds is 4. The zero-order valence-electron chi connectivity index (χ0n) is 9.69. The molecular formula is C12H20F3N. The normalized spacial score (nSPS) is 28.8. The van der Waals surface area contributed by atoms with Gasteiger partial charge in [0.25, 0.3) is 0 Å². The summed E-state index contributed by atoms with van der Waals surface area (Å²) in [5.74, 6) is -1.43. The van der Waals surface area contributed by atoms with Gasteiger partial charge >= 0.3 is 6.18 Å².